The van der Waals surface area contributed by atoms with Gasteiger partial charge in [0.05, 0.1) is 17.1 Å². The maximum Gasteiger partial charge on any atom is 0.339 e. The third kappa shape index (κ3) is 4.91. The van der Waals surface area contributed by atoms with Crippen LogP contribution in [0.2, 0.25) is 0 Å². The second-order valence-corrected chi connectivity index (χ2v) is 6.65. The number of hydrogen-bond donors (Lipinski definition) is 2. The van der Waals surface area contributed by atoms with Gasteiger partial charge >= 0.3 is 5.97 Å². The van der Waals surface area contributed by atoms with Crippen LogP contribution in [0, 0.1) is 0 Å². The number of esters is 1. The van der Waals surface area contributed by atoms with Gasteiger partial charge in [0.1, 0.15) is 0 Å². The summed E-state index contributed by atoms with van der Waals surface area (Å²) >= 11 is 3.12. The van der Waals surface area contributed by atoms with E-state index in [2.05, 4.69) is 21.2 Å². The molecule has 0 unspecified atom stereocenters. The first kappa shape index (κ1) is 18.3. The molecule has 0 bridgehead atoms. The van der Waals surface area contributed by atoms with E-state index in [1.807, 2.05) is 20.8 Å². The van der Waals surface area contributed by atoms with E-state index >= 15 is 0 Å². The summed E-state index contributed by atoms with van der Waals surface area (Å²) < 4.78 is 10.4. The van der Waals surface area contributed by atoms with Gasteiger partial charge in [0.2, 0.25) is 0 Å². The standard InChI is InChI=1S/C15H20BrNO5/c1-8(13(19)17-15(2,3)4)22-14(20)9-6-10(16)12(18)11(7-9)21-5/h6-8,18H,1-5H3,(H,17,19)/t8-/m0/s1. The highest BCUT2D eigenvalue weighted by Crippen LogP contribution is 2.35. The van der Waals surface area contributed by atoms with Crippen molar-refractivity contribution in [3.8, 4) is 11.5 Å². The molecule has 1 aromatic rings. The van der Waals surface area contributed by atoms with E-state index in [0.717, 1.165) is 0 Å². The number of amides is 1. The van der Waals surface area contributed by atoms with Gasteiger partial charge in [-0.25, -0.2) is 4.79 Å². The van der Waals surface area contributed by atoms with Gasteiger partial charge in [0.25, 0.3) is 5.91 Å². The van der Waals surface area contributed by atoms with Crippen LogP contribution in [-0.4, -0.2) is 35.7 Å². The summed E-state index contributed by atoms with van der Waals surface area (Å²) in [5, 5.41) is 12.4. The van der Waals surface area contributed by atoms with E-state index in [4.69, 9.17) is 9.47 Å². The highest BCUT2D eigenvalue weighted by Gasteiger charge is 2.24. The van der Waals surface area contributed by atoms with Crippen LogP contribution in [0.5, 0.6) is 11.5 Å². The smallest absolute Gasteiger partial charge is 0.339 e. The minimum absolute atomic E-state index is 0.113. The van der Waals surface area contributed by atoms with Crippen LogP contribution in [-0.2, 0) is 9.53 Å². The molecule has 7 heteroatoms. The molecule has 0 aromatic heterocycles. The number of aromatic hydroxyl groups is 1. The number of benzene rings is 1. The lowest BCUT2D eigenvalue weighted by molar-refractivity contribution is -0.130. The fraction of sp³-hybridized carbons (Fsp3) is 0.467. The molecule has 1 aromatic carbocycles. The Morgan fingerprint density at radius 2 is 1.91 bits per heavy atom. The summed E-state index contributed by atoms with van der Waals surface area (Å²) in [4.78, 5) is 24.0. The molecular formula is C15H20BrNO5. The summed E-state index contributed by atoms with van der Waals surface area (Å²) in [5.41, 5.74) is -0.250. The third-order valence-corrected chi connectivity index (χ3v) is 3.24. The van der Waals surface area contributed by atoms with Crippen molar-refractivity contribution in [2.45, 2.75) is 39.3 Å². The molecule has 0 fully saturated rings. The summed E-state index contributed by atoms with van der Waals surface area (Å²) in [7, 11) is 1.37. The maximum absolute atomic E-state index is 12.1. The minimum atomic E-state index is -0.940. The van der Waals surface area contributed by atoms with Crippen molar-refractivity contribution in [2.75, 3.05) is 7.11 Å². The number of halogens is 1. The zero-order chi connectivity index (χ0) is 17.1. The van der Waals surface area contributed by atoms with Crippen molar-refractivity contribution < 1.29 is 24.2 Å². The lowest BCUT2D eigenvalue weighted by atomic mass is 10.1. The van der Waals surface area contributed by atoms with Gasteiger partial charge < -0.3 is 19.9 Å². The molecule has 1 amide bonds. The van der Waals surface area contributed by atoms with E-state index < -0.39 is 17.6 Å². The van der Waals surface area contributed by atoms with Gasteiger partial charge in [-0.15, -0.1) is 0 Å². The molecule has 0 aliphatic carbocycles. The fourth-order valence-electron chi connectivity index (χ4n) is 1.60. The Hall–Kier alpha value is -1.76. The van der Waals surface area contributed by atoms with Gasteiger partial charge in [-0.3, -0.25) is 4.79 Å². The van der Waals surface area contributed by atoms with Crippen LogP contribution in [0.1, 0.15) is 38.1 Å². The Kier molecular flexibility index (Phi) is 5.82. The number of carbonyl (C=O) groups is 2. The van der Waals surface area contributed by atoms with Crippen molar-refractivity contribution in [2.24, 2.45) is 0 Å². The number of nitrogens with one attached hydrogen (secondary N) is 1. The highest BCUT2D eigenvalue weighted by atomic mass is 79.9. The Balaban J connectivity index is 2.85. The van der Waals surface area contributed by atoms with Gasteiger partial charge in [0.15, 0.2) is 17.6 Å². The SMILES string of the molecule is COc1cc(C(=O)O[C@@H](C)C(=O)NC(C)(C)C)cc(Br)c1O. The topological polar surface area (TPSA) is 84.9 Å². The first-order valence-corrected chi connectivity index (χ1v) is 7.44. The zero-order valence-corrected chi connectivity index (χ0v) is 14.8. The van der Waals surface area contributed by atoms with Gasteiger partial charge in [0, 0.05) is 5.54 Å². The van der Waals surface area contributed by atoms with Crippen molar-refractivity contribution in [1.29, 1.82) is 0 Å². The quantitative estimate of drug-likeness (QED) is 0.792. The number of methoxy groups -OCH3 is 1. The molecule has 122 valence electrons. The number of hydrogen-bond acceptors (Lipinski definition) is 5. The predicted octanol–water partition coefficient (Wildman–Crippen LogP) is 2.62. The van der Waals surface area contributed by atoms with E-state index in [1.54, 1.807) is 0 Å². The molecule has 22 heavy (non-hydrogen) atoms. The zero-order valence-electron chi connectivity index (χ0n) is 13.2. The van der Waals surface area contributed by atoms with Crippen molar-refractivity contribution in [3.63, 3.8) is 0 Å². The van der Waals surface area contributed by atoms with Crippen LogP contribution >= 0.6 is 15.9 Å². The molecule has 0 aliphatic heterocycles. The summed E-state index contributed by atoms with van der Waals surface area (Å²) in [6.07, 6.45) is -0.940. The van der Waals surface area contributed by atoms with Crippen molar-refractivity contribution in [3.05, 3.63) is 22.2 Å². The van der Waals surface area contributed by atoms with Crippen LogP contribution in [0.25, 0.3) is 0 Å². The van der Waals surface area contributed by atoms with E-state index in [0.29, 0.717) is 4.47 Å². The number of carbonyl (C=O) groups excluding carboxylic acids is 2. The predicted molar refractivity (Wildman–Crippen MR) is 85.1 cm³/mol. The Morgan fingerprint density at radius 3 is 2.41 bits per heavy atom. The number of phenols is 1. The van der Waals surface area contributed by atoms with E-state index in [1.165, 1.54) is 26.2 Å². The molecule has 1 rings (SSSR count). The summed E-state index contributed by atoms with van der Waals surface area (Å²) in [6.45, 7) is 7.00. The Morgan fingerprint density at radius 1 is 1.32 bits per heavy atom. The highest BCUT2D eigenvalue weighted by molar-refractivity contribution is 9.10. The van der Waals surface area contributed by atoms with E-state index in [9.17, 15) is 14.7 Å². The van der Waals surface area contributed by atoms with Crippen LogP contribution < -0.4 is 10.1 Å². The average Bonchev–Trinajstić information content (AvgIpc) is 2.39. The lowest BCUT2D eigenvalue weighted by Crippen LogP contribution is -2.46. The first-order valence-electron chi connectivity index (χ1n) is 6.64. The Labute approximate surface area is 137 Å². The second-order valence-electron chi connectivity index (χ2n) is 5.80. The fourth-order valence-corrected chi connectivity index (χ4v) is 2.04. The molecule has 0 saturated heterocycles. The molecule has 2 N–H and O–H groups in total. The van der Waals surface area contributed by atoms with E-state index in [-0.39, 0.29) is 23.0 Å². The van der Waals surface area contributed by atoms with Gasteiger partial charge in [-0.05, 0) is 55.8 Å². The molecular weight excluding hydrogens is 354 g/mol. The number of ether oxygens (including phenoxy) is 2. The molecule has 0 radical (unpaired) electrons. The second kappa shape index (κ2) is 7.00. The first-order chi connectivity index (χ1) is 10.0. The molecule has 1 atom stereocenters. The van der Waals surface area contributed by atoms with Crippen LogP contribution in [0.4, 0.5) is 0 Å². The number of phenolic OH excluding ortho intramolecular Hbond substituents is 1. The number of rotatable bonds is 4. The normalized spacial score (nSPS) is 12.5. The molecule has 0 aliphatic rings. The summed E-state index contributed by atoms with van der Waals surface area (Å²) in [5.74, 6) is -1.05. The molecule has 0 spiro atoms. The molecule has 6 nitrogen and oxygen atoms in total. The van der Waals surface area contributed by atoms with Crippen molar-refractivity contribution >= 4 is 27.8 Å². The van der Waals surface area contributed by atoms with Crippen LogP contribution in [0.15, 0.2) is 16.6 Å². The van der Waals surface area contributed by atoms with Crippen molar-refractivity contribution in [1.82, 2.24) is 5.32 Å². The maximum atomic E-state index is 12.1. The Bertz CT molecular complexity index is 580. The molecule has 0 saturated carbocycles. The summed E-state index contributed by atoms with van der Waals surface area (Å²) in [6, 6.07) is 2.74. The average molecular weight is 374 g/mol. The largest absolute Gasteiger partial charge is 0.503 e. The molecule has 0 heterocycles. The minimum Gasteiger partial charge on any atom is -0.503 e. The van der Waals surface area contributed by atoms with Crippen LogP contribution in [0.3, 0.4) is 0 Å². The van der Waals surface area contributed by atoms with Gasteiger partial charge in [-0.2, -0.15) is 0 Å². The monoisotopic (exact) mass is 373 g/mol. The third-order valence-electron chi connectivity index (χ3n) is 2.64. The van der Waals surface area contributed by atoms with Gasteiger partial charge in [-0.1, -0.05) is 0 Å². The lowest BCUT2D eigenvalue weighted by Gasteiger charge is -2.23.